The Hall–Kier alpha value is -1.63. The highest BCUT2D eigenvalue weighted by Crippen LogP contribution is 2.24. The van der Waals surface area contributed by atoms with Crippen molar-refractivity contribution in [3.05, 3.63) is 53.1 Å². The van der Waals surface area contributed by atoms with Crippen LogP contribution in [0.25, 0.3) is 5.57 Å². The van der Waals surface area contributed by atoms with Gasteiger partial charge >= 0.3 is 0 Å². The van der Waals surface area contributed by atoms with E-state index in [1.807, 2.05) is 32.1 Å². The Morgan fingerprint density at radius 2 is 1.75 bits per heavy atom. The van der Waals surface area contributed by atoms with Gasteiger partial charge in [0, 0.05) is 5.56 Å². The molecule has 0 fully saturated rings. The topological polar surface area (TPSA) is 17.1 Å². The molecule has 1 nitrogen and oxygen atoms in total. The number of allylic oxidation sites excluding steroid dienone is 3. The number of carbonyl (C=O) groups is 1. The van der Waals surface area contributed by atoms with Gasteiger partial charge in [0.05, 0.1) is 0 Å². The normalized spacial score (nSPS) is 11.4. The predicted octanol–water partition coefficient (Wildman–Crippen LogP) is 4.10. The number of rotatable bonds is 3. The summed E-state index contributed by atoms with van der Waals surface area (Å²) >= 11 is 0. The Balaban J connectivity index is 3.47. The third-order valence-electron chi connectivity index (χ3n) is 2.79. The van der Waals surface area contributed by atoms with Gasteiger partial charge in [0.2, 0.25) is 0 Å². The van der Waals surface area contributed by atoms with E-state index < -0.39 is 0 Å². The van der Waals surface area contributed by atoms with Crippen LogP contribution in [0.15, 0.2) is 30.9 Å². The Morgan fingerprint density at radius 3 is 2.19 bits per heavy atom. The summed E-state index contributed by atoms with van der Waals surface area (Å²) in [5.41, 5.74) is 5.17. The van der Waals surface area contributed by atoms with Crippen LogP contribution in [0.5, 0.6) is 0 Å². The van der Waals surface area contributed by atoms with Crippen LogP contribution < -0.4 is 0 Å². The Morgan fingerprint density at radius 1 is 1.19 bits per heavy atom. The van der Waals surface area contributed by atoms with Crippen LogP contribution in [0.2, 0.25) is 0 Å². The summed E-state index contributed by atoms with van der Waals surface area (Å²) in [4.78, 5) is 11.5. The predicted molar refractivity (Wildman–Crippen MR) is 69.8 cm³/mol. The van der Waals surface area contributed by atoms with Gasteiger partial charge in [-0.15, -0.1) is 0 Å². The zero-order valence-corrected chi connectivity index (χ0v) is 10.4. The molecule has 0 aromatic heterocycles. The monoisotopic (exact) mass is 214 g/mol. The van der Waals surface area contributed by atoms with Gasteiger partial charge in [0.25, 0.3) is 0 Å². The summed E-state index contributed by atoms with van der Waals surface area (Å²) in [6.07, 6.45) is 3.83. The lowest BCUT2D eigenvalue weighted by Crippen LogP contribution is -1.99. The Labute approximate surface area is 97.5 Å². The number of benzene rings is 1. The lowest BCUT2D eigenvalue weighted by atomic mass is 9.93. The molecule has 0 aliphatic carbocycles. The number of ketones is 1. The van der Waals surface area contributed by atoms with E-state index in [1.165, 1.54) is 5.56 Å². The molecule has 0 saturated carbocycles. The van der Waals surface area contributed by atoms with Crippen molar-refractivity contribution < 1.29 is 4.79 Å². The van der Waals surface area contributed by atoms with E-state index in [1.54, 1.807) is 6.92 Å². The van der Waals surface area contributed by atoms with Crippen LogP contribution in [-0.4, -0.2) is 5.78 Å². The molecule has 0 heterocycles. The molecule has 1 aromatic rings. The van der Waals surface area contributed by atoms with Gasteiger partial charge in [-0.3, -0.25) is 4.79 Å². The molecule has 0 spiro atoms. The lowest BCUT2D eigenvalue weighted by Gasteiger charge is -2.11. The fourth-order valence-electron chi connectivity index (χ4n) is 1.93. The maximum atomic E-state index is 11.5. The van der Waals surface area contributed by atoms with Gasteiger partial charge in [0.15, 0.2) is 5.78 Å². The first-order valence-electron chi connectivity index (χ1n) is 5.42. The van der Waals surface area contributed by atoms with E-state index in [4.69, 9.17) is 0 Å². The fraction of sp³-hybridized carbons (Fsp3) is 0.267. The number of hydrogen-bond acceptors (Lipinski definition) is 1. The molecule has 0 N–H and O–H groups in total. The maximum absolute atomic E-state index is 11.5. The molecule has 1 heteroatoms. The van der Waals surface area contributed by atoms with Gasteiger partial charge in [-0.25, -0.2) is 0 Å². The Kier molecular flexibility index (Phi) is 3.83. The summed E-state index contributed by atoms with van der Waals surface area (Å²) in [6.45, 7) is 11.4. The summed E-state index contributed by atoms with van der Waals surface area (Å²) in [5, 5.41) is 0. The van der Waals surface area contributed by atoms with Crippen molar-refractivity contribution in [1.82, 2.24) is 0 Å². The van der Waals surface area contributed by atoms with Gasteiger partial charge < -0.3 is 0 Å². The number of Topliss-reactive ketones (excluding diaryl/α,β-unsaturated/α-hetero) is 1. The summed E-state index contributed by atoms with van der Waals surface area (Å²) in [5.74, 6) is 0.110. The standard InChI is InChI=1S/C15H18O/c1-6-13(7-2)15-9-14(12(5)16)10(3)8-11(15)4/h6-9H,1H2,2-5H3/b13-7+. The van der Waals surface area contributed by atoms with Crippen molar-refractivity contribution >= 4 is 11.4 Å². The van der Waals surface area contributed by atoms with Gasteiger partial charge in [-0.1, -0.05) is 24.8 Å². The average Bonchev–Trinajstić information content (AvgIpc) is 2.22. The molecular weight excluding hydrogens is 196 g/mol. The first-order valence-corrected chi connectivity index (χ1v) is 5.42. The van der Waals surface area contributed by atoms with Crippen LogP contribution in [0.3, 0.4) is 0 Å². The molecule has 16 heavy (non-hydrogen) atoms. The maximum Gasteiger partial charge on any atom is 0.160 e. The molecule has 0 unspecified atom stereocenters. The molecule has 0 bridgehead atoms. The van der Waals surface area contributed by atoms with E-state index in [0.717, 1.165) is 22.3 Å². The zero-order valence-electron chi connectivity index (χ0n) is 10.4. The highest BCUT2D eigenvalue weighted by molar-refractivity contribution is 5.97. The fourth-order valence-corrected chi connectivity index (χ4v) is 1.93. The van der Waals surface area contributed by atoms with Gasteiger partial charge in [-0.2, -0.15) is 0 Å². The van der Waals surface area contributed by atoms with E-state index in [2.05, 4.69) is 19.6 Å². The molecule has 84 valence electrons. The minimum atomic E-state index is 0.110. The highest BCUT2D eigenvalue weighted by atomic mass is 16.1. The average molecular weight is 214 g/mol. The smallest absolute Gasteiger partial charge is 0.160 e. The molecule has 1 rings (SSSR count). The summed E-state index contributed by atoms with van der Waals surface area (Å²) < 4.78 is 0. The van der Waals surface area contributed by atoms with Crippen LogP contribution in [0.1, 0.15) is 40.9 Å². The van der Waals surface area contributed by atoms with E-state index in [9.17, 15) is 4.79 Å². The molecule has 0 radical (unpaired) electrons. The van der Waals surface area contributed by atoms with Gasteiger partial charge in [0.1, 0.15) is 0 Å². The quantitative estimate of drug-likeness (QED) is 0.547. The summed E-state index contributed by atoms with van der Waals surface area (Å²) in [6, 6.07) is 4.02. The minimum Gasteiger partial charge on any atom is -0.295 e. The van der Waals surface area contributed by atoms with Crippen LogP contribution >= 0.6 is 0 Å². The van der Waals surface area contributed by atoms with E-state index in [0.29, 0.717) is 0 Å². The third-order valence-corrected chi connectivity index (χ3v) is 2.79. The van der Waals surface area contributed by atoms with Crippen LogP contribution in [-0.2, 0) is 0 Å². The molecule has 1 aromatic carbocycles. The largest absolute Gasteiger partial charge is 0.295 e. The Bertz CT molecular complexity index is 465. The number of hydrogen-bond donors (Lipinski definition) is 0. The number of aryl methyl sites for hydroxylation is 2. The van der Waals surface area contributed by atoms with Crippen molar-refractivity contribution in [3.63, 3.8) is 0 Å². The lowest BCUT2D eigenvalue weighted by molar-refractivity contribution is 0.101. The molecule has 0 atom stereocenters. The van der Waals surface area contributed by atoms with Crippen LogP contribution in [0, 0.1) is 13.8 Å². The third kappa shape index (κ3) is 2.30. The van der Waals surface area contributed by atoms with Crippen molar-refractivity contribution in [2.24, 2.45) is 0 Å². The summed E-state index contributed by atoms with van der Waals surface area (Å²) in [7, 11) is 0. The second kappa shape index (κ2) is 4.93. The molecule has 0 saturated heterocycles. The number of carbonyl (C=O) groups excluding carboxylic acids is 1. The van der Waals surface area contributed by atoms with E-state index >= 15 is 0 Å². The van der Waals surface area contributed by atoms with Crippen molar-refractivity contribution in [1.29, 1.82) is 0 Å². The highest BCUT2D eigenvalue weighted by Gasteiger charge is 2.09. The van der Waals surface area contributed by atoms with Crippen molar-refractivity contribution in [2.75, 3.05) is 0 Å². The van der Waals surface area contributed by atoms with Crippen LogP contribution in [0.4, 0.5) is 0 Å². The first-order chi connectivity index (χ1) is 7.51. The second-order valence-electron chi connectivity index (χ2n) is 3.99. The SMILES string of the molecule is C=C/C(=C\C)c1cc(C(C)=O)c(C)cc1C. The van der Waals surface area contributed by atoms with E-state index in [-0.39, 0.29) is 5.78 Å². The first kappa shape index (κ1) is 12.4. The minimum absolute atomic E-state index is 0.110. The second-order valence-corrected chi connectivity index (χ2v) is 3.99. The zero-order chi connectivity index (χ0) is 12.3. The molecule has 0 aliphatic rings. The van der Waals surface area contributed by atoms with Crippen molar-refractivity contribution in [3.8, 4) is 0 Å². The van der Waals surface area contributed by atoms with Gasteiger partial charge in [-0.05, 0) is 56.0 Å². The molecular formula is C15H18O. The molecule has 0 aliphatic heterocycles. The molecule has 0 amide bonds. The van der Waals surface area contributed by atoms with Crippen molar-refractivity contribution in [2.45, 2.75) is 27.7 Å².